The molecule has 0 bridgehead atoms. The van der Waals surface area contributed by atoms with E-state index in [0.29, 0.717) is 24.5 Å². The Balaban J connectivity index is 1.47. The van der Waals surface area contributed by atoms with E-state index in [9.17, 15) is 9.90 Å². The number of fused-ring (bicyclic) bond motifs is 1. The summed E-state index contributed by atoms with van der Waals surface area (Å²) in [4.78, 5) is 10.7. The van der Waals surface area contributed by atoms with E-state index in [1.54, 1.807) is 12.1 Å². The van der Waals surface area contributed by atoms with E-state index >= 15 is 0 Å². The molecule has 0 spiro atoms. The van der Waals surface area contributed by atoms with Gasteiger partial charge in [-0.25, -0.2) is 0 Å². The highest BCUT2D eigenvalue weighted by atomic mass is 35.5. The lowest BCUT2D eigenvalue weighted by Crippen LogP contribution is -2.36. The van der Waals surface area contributed by atoms with Crippen LogP contribution in [0.25, 0.3) is 0 Å². The smallest absolute Gasteiger partial charge is 0.303 e. The van der Waals surface area contributed by atoms with Crippen LogP contribution in [0.3, 0.4) is 0 Å². The third-order valence-corrected chi connectivity index (χ3v) is 4.96. The molecule has 144 valence electrons. The zero-order valence-electron chi connectivity index (χ0n) is 15.0. The summed E-state index contributed by atoms with van der Waals surface area (Å²) in [5.41, 5.74) is 2.95. The SMILES string of the molecule is O=C(O)CCc1ccc2c(c1)CCC(CNC[C@H](O)c1cccc(Cl)c1)O2. The number of benzene rings is 2. The number of aliphatic carboxylic acids is 1. The highest BCUT2D eigenvalue weighted by Crippen LogP contribution is 2.29. The molecule has 0 saturated heterocycles. The molecule has 0 fully saturated rings. The summed E-state index contributed by atoms with van der Waals surface area (Å²) in [5, 5.41) is 22.9. The van der Waals surface area contributed by atoms with Gasteiger partial charge in [-0.15, -0.1) is 0 Å². The molecular formula is C21H24ClNO4. The van der Waals surface area contributed by atoms with Crippen LogP contribution in [0, 0.1) is 0 Å². The van der Waals surface area contributed by atoms with Crippen molar-refractivity contribution in [3.05, 3.63) is 64.2 Å². The molecule has 2 aromatic rings. The predicted molar refractivity (Wildman–Crippen MR) is 104 cm³/mol. The van der Waals surface area contributed by atoms with Crippen molar-refractivity contribution in [3.63, 3.8) is 0 Å². The van der Waals surface area contributed by atoms with Gasteiger partial charge in [0.05, 0.1) is 6.10 Å². The molecule has 3 rings (SSSR count). The van der Waals surface area contributed by atoms with Gasteiger partial charge in [0, 0.05) is 24.5 Å². The third-order valence-electron chi connectivity index (χ3n) is 4.72. The number of rotatable bonds is 8. The van der Waals surface area contributed by atoms with E-state index < -0.39 is 12.1 Å². The van der Waals surface area contributed by atoms with Gasteiger partial charge in [-0.2, -0.15) is 0 Å². The summed E-state index contributed by atoms with van der Waals surface area (Å²) in [6, 6.07) is 13.1. The summed E-state index contributed by atoms with van der Waals surface area (Å²) in [5.74, 6) is 0.0811. The predicted octanol–water partition coefficient (Wildman–Crippen LogP) is 3.37. The van der Waals surface area contributed by atoms with Crippen LogP contribution >= 0.6 is 11.6 Å². The fraction of sp³-hybridized carbons (Fsp3) is 0.381. The highest BCUT2D eigenvalue weighted by Gasteiger charge is 2.20. The van der Waals surface area contributed by atoms with Crippen LogP contribution in [0.15, 0.2) is 42.5 Å². The molecule has 5 nitrogen and oxygen atoms in total. The maximum Gasteiger partial charge on any atom is 0.303 e. The number of ether oxygens (including phenoxy) is 1. The maximum atomic E-state index is 10.7. The molecule has 1 unspecified atom stereocenters. The molecule has 2 aromatic carbocycles. The molecule has 27 heavy (non-hydrogen) atoms. The number of carbonyl (C=O) groups is 1. The van der Waals surface area contributed by atoms with Crippen LogP contribution in [-0.2, 0) is 17.6 Å². The Labute approximate surface area is 163 Å². The number of halogens is 1. The molecule has 0 radical (unpaired) electrons. The van der Waals surface area contributed by atoms with E-state index in [-0.39, 0.29) is 12.5 Å². The summed E-state index contributed by atoms with van der Waals surface area (Å²) in [6.45, 7) is 1.08. The van der Waals surface area contributed by atoms with Gasteiger partial charge >= 0.3 is 5.97 Å². The Morgan fingerprint density at radius 1 is 1.30 bits per heavy atom. The summed E-state index contributed by atoms with van der Waals surface area (Å²) in [7, 11) is 0. The van der Waals surface area contributed by atoms with Crippen molar-refractivity contribution in [1.29, 1.82) is 0 Å². The standard InChI is InChI=1S/C21H24ClNO4/c22-17-3-1-2-15(11-17)19(24)13-23-12-18-7-6-16-10-14(5-9-21(25)26)4-8-20(16)27-18/h1-4,8,10-11,18-19,23-24H,5-7,9,12-13H2,(H,25,26)/t18?,19-/m0/s1. The van der Waals surface area contributed by atoms with Gasteiger partial charge < -0.3 is 20.3 Å². The zero-order chi connectivity index (χ0) is 19.2. The molecule has 0 saturated carbocycles. The van der Waals surface area contributed by atoms with E-state index in [2.05, 4.69) is 5.32 Å². The second-order valence-electron chi connectivity index (χ2n) is 6.84. The third kappa shape index (κ3) is 5.70. The minimum atomic E-state index is -0.782. The van der Waals surface area contributed by atoms with Crippen LogP contribution in [0.4, 0.5) is 0 Å². The van der Waals surface area contributed by atoms with E-state index in [1.165, 1.54) is 0 Å². The highest BCUT2D eigenvalue weighted by molar-refractivity contribution is 6.30. The van der Waals surface area contributed by atoms with Gasteiger partial charge in [0.2, 0.25) is 0 Å². The normalized spacial score (nSPS) is 17.0. The first-order valence-corrected chi connectivity index (χ1v) is 9.53. The number of carboxylic acid groups (broad SMARTS) is 1. The van der Waals surface area contributed by atoms with Gasteiger partial charge in [0.25, 0.3) is 0 Å². The van der Waals surface area contributed by atoms with Crippen molar-refractivity contribution < 1.29 is 19.7 Å². The van der Waals surface area contributed by atoms with Gasteiger partial charge in [0.1, 0.15) is 11.9 Å². The summed E-state index contributed by atoms with van der Waals surface area (Å²) < 4.78 is 6.04. The van der Waals surface area contributed by atoms with Crippen molar-refractivity contribution in [2.24, 2.45) is 0 Å². The first kappa shape index (κ1) is 19.7. The molecule has 3 N–H and O–H groups in total. The molecule has 2 atom stereocenters. The van der Waals surface area contributed by atoms with Crippen LogP contribution < -0.4 is 10.1 Å². The van der Waals surface area contributed by atoms with Crippen molar-refractivity contribution in [2.75, 3.05) is 13.1 Å². The molecule has 1 heterocycles. The van der Waals surface area contributed by atoms with E-state index in [4.69, 9.17) is 21.4 Å². The summed E-state index contributed by atoms with van der Waals surface area (Å²) in [6.07, 6.45) is 1.90. The van der Waals surface area contributed by atoms with Crippen LogP contribution in [0.2, 0.25) is 5.02 Å². The van der Waals surface area contributed by atoms with Crippen molar-refractivity contribution in [2.45, 2.75) is 37.9 Å². The zero-order valence-corrected chi connectivity index (χ0v) is 15.8. The number of hydrogen-bond acceptors (Lipinski definition) is 4. The van der Waals surface area contributed by atoms with Crippen LogP contribution in [0.5, 0.6) is 5.75 Å². The van der Waals surface area contributed by atoms with Crippen molar-refractivity contribution in [1.82, 2.24) is 5.32 Å². The number of carboxylic acids is 1. The Hall–Kier alpha value is -2.08. The number of aryl methyl sites for hydroxylation is 2. The van der Waals surface area contributed by atoms with Gasteiger partial charge in [-0.3, -0.25) is 4.79 Å². The molecule has 1 aliphatic heterocycles. The fourth-order valence-corrected chi connectivity index (χ4v) is 3.46. The lowest BCUT2D eigenvalue weighted by atomic mass is 9.98. The molecule has 0 aromatic heterocycles. The minimum absolute atomic E-state index is 0.0499. The van der Waals surface area contributed by atoms with Gasteiger partial charge in [-0.1, -0.05) is 35.9 Å². The van der Waals surface area contributed by atoms with Gasteiger partial charge in [-0.05, 0) is 54.2 Å². The maximum absolute atomic E-state index is 10.7. The van der Waals surface area contributed by atoms with Crippen LogP contribution in [0.1, 0.15) is 35.6 Å². The fourth-order valence-electron chi connectivity index (χ4n) is 3.26. The molecule has 6 heteroatoms. The van der Waals surface area contributed by atoms with Crippen molar-refractivity contribution >= 4 is 17.6 Å². The largest absolute Gasteiger partial charge is 0.489 e. The quantitative estimate of drug-likeness (QED) is 0.645. The Morgan fingerprint density at radius 2 is 2.15 bits per heavy atom. The first-order chi connectivity index (χ1) is 13.0. The summed E-state index contributed by atoms with van der Waals surface area (Å²) >= 11 is 5.96. The Kier molecular flexibility index (Phi) is 6.72. The van der Waals surface area contributed by atoms with E-state index in [1.807, 2.05) is 30.3 Å². The number of aliphatic hydroxyl groups is 1. The number of hydrogen-bond donors (Lipinski definition) is 3. The van der Waals surface area contributed by atoms with Crippen molar-refractivity contribution in [3.8, 4) is 5.75 Å². The number of aliphatic hydroxyl groups excluding tert-OH is 1. The monoisotopic (exact) mass is 389 g/mol. The van der Waals surface area contributed by atoms with E-state index in [0.717, 1.165) is 35.3 Å². The van der Waals surface area contributed by atoms with Crippen LogP contribution in [-0.4, -0.2) is 35.4 Å². The number of nitrogens with one attached hydrogen (secondary N) is 1. The minimum Gasteiger partial charge on any atom is -0.489 e. The Morgan fingerprint density at radius 3 is 2.93 bits per heavy atom. The molecule has 0 amide bonds. The molecule has 0 aliphatic carbocycles. The molecule has 1 aliphatic rings. The lowest BCUT2D eigenvalue weighted by Gasteiger charge is -2.27. The topological polar surface area (TPSA) is 78.8 Å². The lowest BCUT2D eigenvalue weighted by molar-refractivity contribution is -0.136. The van der Waals surface area contributed by atoms with Gasteiger partial charge in [0.15, 0.2) is 0 Å². The first-order valence-electron chi connectivity index (χ1n) is 9.16. The Bertz CT molecular complexity index is 796. The average Bonchev–Trinajstić information content (AvgIpc) is 2.66. The molecular weight excluding hydrogens is 366 g/mol. The second kappa shape index (κ2) is 9.22. The second-order valence-corrected chi connectivity index (χ2v) is 7.28. The average molecular weight is 390 g/mol.